The second-order valence-corrected chi connectivity index (χ2v) is 4.47. The molecule has 20 heavy (non-hydrogen) atoms. The third-order valence-corrected chi connectivity index (χ3v) is 2.79. The third-order valence-electron chi connectivity index (χ3n) is 2.00. The molecule has 0 saturated carbocycles. The fraction of sp³-hybridized carbons (Fsp3) is 1.00. The Kier molecular flexibility index (Phi) is 16.8. The van der Waals surface area contributed by atoms with E-state index in [-0.39, 0.29) is 13.2 Å². The summed E-state index contributed by atoms with van der Waals surface area (Å²) >= 11 is 0. The molecule has 0 fully saturated rings. The van der Waals surface area contributed by atoms with Gasteiger partial charge in [0.1, 0.15) is 13.2 Å². The molecular formula is C12H26O7P+. The summed E-state index contributed by atoms with van der Waals surface area (Å²) in [6, 6.07) is 0. The van der Waals surface area contributed by atoms with Gasteiger partial charge in [0.05, 0.1) is 39.6 Å². The van der Waals surface area contributed by atoms with Gasteiger partial charge < -0.3 is 18.9 Å². The Bertz CT molecular complexity index is 196. The minimum absolute atomic E-state index is 0.229. The predicted octanol–water partition coefficient (Wildman–Crippen LogP) is 1.78. The van der Waals surface area contributed by atoms with Gasteiger partial charge in [-0.05, 0) is 13.8 Å². The van der Waals surface area contributed by atoms with E-state index in [4.69, 9.17) is 28.0 Å². The van der Waals surface area contributed by atoms with Gasteiger partial charge in [0, 0.05) is 17.8 Å². The summed E-state index contributed by atoms with van der Waals surface area (Å²) in [6.07, 6.45) is 0. The van der Waals surface area contributed by atoms with E-state index in [9.17, 15) is 4.57 Å². The molecule has 0 amide bonds. The second-order valence-electron chi connectivity index (χ2n) is 3.51. The summed E-state index contributed by atoms with van der Waals surface area (Å²) in [6.45, 7) is 8.49. The maximum Gasteiger partial charge on any atom is 0.697 e. The van der Waals surface area contributed by atoms with Crippen LogP contribution in [-0.4, -0.2) is 66.1 Å². The van der Waals surface area contributed by atoms with Crippen LogP contribution in [0, 0.1) is 0 Å². The lowest BCUT2D eigenvalue weighted by Gasteiger charge is -2.02. The molecule has 0 aliphatic carbocycles. The van der Waals surface area contributed by atoms with Crippen molar-refractivity contribution in [3.8, 4) is 0 Å². The maximum atomic E-state index is 11.3. The maximum absolute atomic E-state index is 11.3. The number of hydrogen-bond acceptors (Lipinski definition) is 7. The molecule has 120 valence electrons. The number of hydrogen-bond donors (Lipinski definition) is 0. The van der Waals surface area contributed by atoms with Crippen molar-refractivity contribution in [3.05, 3.63) is 0 Å². The van der Waals surface area contributed by atoms with Crippen LogP contribution in [0.4, 0.5) is 0 Å². The van der Waals surface area contributed by atoms with E-state index in [0.29, 0.717) is 52.9 Å². The lowest BCUT2D eigenvalue weighted by atomic mass is 10.7. The lowest BCUT2D eigenvalue weighted by molar-refractivity contribution is 0.0321. The Hall–Kier alpha value is -0.140. The van der Waals surface area contributed by atoms with Crippen LogP contribution in [0.25, 0.3) is 0 Å². The van der Waals surface area contributed by atoms with E-state index in [1.165, 1.54) is 0 Å². The Morgan fingerprint density at radius 2 is 0.950 bits per heavy atom. The molecule has 0 aromatic heterocycles. The van der Waals surface area contributed by atoms with Crippen molar-refractivity contribution >= 4 is 8.25 Å². The van der Waals surface area contributed by atoms with Gasteiger partial charge in [0.25, 0.3) is 0 Å². The Balaban J connectivity index is 3.13. The first kappa shape index (κ1) is 19.9. The van der Waals surface area contributed by atoms with Crippen molar-refractivity contribution in [1.29, 1.82) is 0 Å². The Labute approximate surface area is 121 Å². The summed E-state index contributed by atoms with van der Waals surface area (Å²) in [7, 11) is -2.11. The molecular weight excluding hydrogens is 287 g/mol. The predicted molar refractivity (Wildman–Crippen MR) is 74.1 cm³/mol. The normalized spacial score (nSPS) is 10.9. The van der Waals surface area contributed by atoms with Crippen molar-refractivity contribution in [2.24, 2.45) is 0 Å². The van der Waals surface area contributed by atoms with Crippen LogP contribution in [-0.2, 0) is 32.6 Å². The minimum atomic E-state index is -2.11. The van der Waals surface area contributed by atoms with Gasteiger partial charge in [0.15, 0.2) is 0 Å². The van der Waals surface area contributed by atoms with Crippen LogP contribution in [0.2, 0.25) is 0 Å². The standard InChI is InChI=1S/C12H26O7P/c1-3-14-5-7-16-9-11-18-20(13)19-12-10-17-8-6-15-4-2/h3-12H2,1-2H3/q+1. The van der Waals surface area contributed by atoms with E-state index < -0.39 is 8.25 Å². The van der Waals surface area contributed by atoms with Crippen LogP contribution in [0.15, 0.2) is 0 Å². The van der Waals surface area contributed by atoms with Gasteiger partial charge >= 0.3 is 8.25 Å². The molecule has 0 aromatic rings. The van der Waals surface area contributed by atoms with Gasteiger partial charge in [-0.1, -0.05) is 0 Å². The molecule has 0 radical (unpaired) electrons. The van der Waals surface area contributed by atoms with Gasteiger partial charge in [-0.15, -0.1) is 9.05 Å². The molecule has 0 rings (SSSR count). The van der Waals surface area contributed by atoms with Crippen LogP contribution in [0.1, 0.15) is 13.8 Å². The first-order valence-corrected chi connectivity index (χ1v) is 7.94. The van der Waals surface area contributed by atoms with E-state index in [1.54, 1.807) is 0 Å². The average molecular weight is 313 g/mol. The molecule has 0 saturated heterocycles. The molecule has 0 N–H and O–H groups in total. The zero-order valence-corrected chi connectivity index (χ0v) is 13.3. The van der Waals surface area contributed by atoms with Crippen molar-refractivity contribution in [2.45, 2.75) is 13.8 Å². The molecule has 0 aliphatic heterocycles. The summed E-state index contributed by atoms with van der Waals surface area (Å²) in [5.41, 5.74) is 0. The average Bonchev–Trinajstić information content (AvgIpc) is 2.45. The minimum Gasteiger partial charge on any atom is -0.379 e. The highest BCUT2D eigenvalue weighted by Crippen LogP contribution is 2.22. The van der Waals surface area contributed by atoms with Crippen molar-refractivity contribution in [2.75, 3.05) is 66.1 Å². The second kappa shape index (κ2) is 16.9. The largest absolute Gasteiger partial charge is 0.697 e. The Morgan fingerprint density at radius 3 is 1.35 bits per heavy atom. The smallest absolute Gasteiger partial charge is 0.379 e. The molecule has 0 heterocycles. The molecule has 0 aliphatic rings. The fourth-order valence-corrected chi connectivity index (χ4v) is 1.63. The monoisotopic (exact) mass is 313 g/mol. The van der Waals surface area contributed by atoms with Crippen molar-refractivity contribution < 1.29 is 32.6 Å². The SMILES string of the molecule is CCOCCOCCO[P+](=O)OCCOCCOCC. The number of rotatable bonds is 16. The highest BCUT2D eigenvalue weighted by molar-refractivity contribution is 7.33. The first-order chi connectivity index (χ1) is 9.81. The molecule has 0 spiro atoms. The quantitative estimate of drug-likeness (QED) is 0.318. The Morgan fingerprint density at radius 1 is 0.600 bits per heavy atom. The topological polar surface area (TPSA) is 72.5 Å². The molecule has 0 aromatic carbocycles. The summed E-state index contributed by atoms with van der Waals surface area (Å²) in [5, 5.41) is 0. The summed E-state index contributed by atoms with van der Waals surface area (Å²) in [4.78, 5) is 0. The van der Waals surface area contributed by atoms with Crippen molar-refractivity contribution in [3.63, 3.8) is 0 Å². The third kappa shape index (κ3) is 15.9. The molecule has 0 bridgehead atoms. The van der Waals surface area contributed by atoms with Gasteiger partial charge in [-0.25, -0.2) is 0 Å². The van der Waals surface area contributed by atoms with Crippen LogP contribution in [0.3, 0.4) is 0 Å². The highest BCUT2D eigenvalue weighted by atomic mass is 31.1. The molecule has 7 nitrogen and oxygen atoms in total. The van der Waals surface area contributed by atoms with Gasteiger partial charge in [-0.2, -0.15) is 0 Å². The van der Waals surface area contributed by atoms with Crippen molar-refractivity contribution in [1.82, 2.24) is 0 Å². The summed E-state index contributed by atoms with van der Waals surface area (Å²) < 4.78 is 41.7. The lowest BCUT2D eigenvalue weighted by Crippen LogP contribution is -2.09. The first-order valence-electron chi connectivity index (χ1n) is 6.85. The van der Waals surface area contributed by atoms with E-state index in [2.05, 4.69) is 0 Å². The van der Waals surface area contributed by atoms with E-state index >= 15 is 0 Å². The molecule has 0 unspecified atom stereocenters. The fourth-order valence-electron chi connectivity index (χ4n) is 1.11. The summed E-state index contributed by atoms with van der Waals surface area (Å²) in [5.74, 6) is 0. The van der Waals surface area contributed by atoms with Crippen LogP contribution in [0.5, 0.6) is 0 Å². The van der Waals surface area contributed by atoms with Gasteiger partial charge in [0.2, 0.25) is 0 Å². The van der Waals surface area contributed by atoms with Crippen LogP contribution >= 0.6 is 8.25 Å². The molecule has 0 atom stereocenters. The van der Waals surface area contributed by atoms with Gasteiger partial charge in [-0.3, -0.25) is 0 Å². The molecule has 8 heteroatoms. The zero-order valence-electron chi connectivity index (χ0n) is 12.4. The zero-order chi connectivity index (χ0) is 14.9. The highest BCUT2D eigenvalue weighted by Gasteiger charge is 2.19. The van der Waals surface area contributed by atoms with E-state index in [1.807, 2.05) is 13.8 Å². The number of ether oxygens (including phenoxy) is 4. The van der Waals surface area contributed by atoms with E-state index in [0.717, 1.165) is 0 Å². The van der Waals surface area contributed by atoms with Crippen LogP contribution < -0.4 is 0 Å².